The van der Waals surface area contributed by atoms with E-state index in [-0.39, 0.29) is 83.4 Å². The summed E-state index contributed by atoms with van der Waals surface area (Å²) in [5.74, 6) is -5.40. The Balaban J connectivity index is -0.00000190. The lowest BCUT2D eigenvalue weighted by molar-refractivity contribution is -0.158. The Labute approximate surface area is 611 Å². The van der Waals surface area contributed by atoms with Gasteiger partial charge < -0.3 is 66.9 Å². The molecule has 0 aromatic heterocycles. The number of ketones is 1. The Kier molecular flexibility index (Phi) is 25.7. The number of aliphatic hydroxyl groups excluding tert-OH is 1. The number of urea groups is 2. The van der Waals surface area contributed by atoms with Crippen molar-refractivity contribution in [1.82, 2.24) is 52.3 Å². The van der Waals surface area contributed by atoms with Crippen molar-refractivity contribution in [2.24, 2.45) is 57.2 Å². The van der Waals surface area contributed by atoms with Gasteiger partial charge in [0.2, 0.25) is 29.4 Å². The third-order valence-corrected chi connectivity index (χ3v) is 21.2. The van der Waals surface area contributed by atoms with E-state index in [1.54, 1.807) is 37.5 Å². The quantitative estimate of drug-likeness (QED) is 0.0349. The SMILES string of the molecule is C.CC(C)(C)NC(=O)N[C@H](C(=O)N1CC2C([C@H]1C(=O)NC(CC1CCC1)C(O)C(=O)NCC(=O)OC(C)(C)c1ccccc1)C2(C)C)C(C)(C)C.CC(C)(C)NC(=O)N[C@H](C(=O)N1C[C@H]2[C@@H]([C@H]1C(=O)NC(CC1CCC1)C(=O)C(=O)NCC(=O)OC(C)(C)c1ccccc1)C2(C)C)C(C)(C)C.[HH].[HH].[HH].[HH].[HH].[HH].[HH].[HH]. The van der Waals surface area contributed by atoms with E-state index in [2.05, 4.69) is 70.2 Å². The molecule has 4 aliphatic carbocycles. The minimum absolute atomic E-state index is 0. The summed E-state index contributed by atoms with van der Waals surface area (Å²) in [6.45, 7) is 37.2. The Morgan fingerprint density at radius 1 is 0.525 bits per heavy atom. The number of carbonyl (C=O) groups is 11. The molecular formula is C77H136N10O14. The molecule has 2 aromatic carbocycles. The van der Waals surface area contributed by atoms with Crippen LogP contribution in [0.15, 0.2) is 60.7 Å². The van der Waals surface area contributed by atoms with Gasteiger partial charge >= 0.3 is 24.0 Å². The van der Waals surface area contributed by atoms with Crippen LogP contribution in [-0.2, 0) is 63.8 Å². The van der Waals surface area contributed by atoms with Gasteiger partial charge in [0.1, 0.15) is 48.5 Å². The summed E-state index contributed by atoms with van der Waals surface area (Å²) in [6.07, 6.45) is 4.65. The van der Waals surface area contributed by atoms with Crippen LogP contribution in [0.4, 0.5) is 9.59 Å². The van der Waals surface area contributed by atoms with Crippen LogP contribution >= 0.6 is 0 Å². The van der Waals surface area contributed by atoms with E-state index in [4.69, 9.17) is 9.47 Å². The van der Waals surface area contributed by atoms with Gasteiger partial charge in [-0.1, -0.05) is 176 Å². The molecule has 11 atom stereocenters. The minimum Gasteiger partial charge on any atom is -0.453 e. The Bertz CT molecular complexity index is 3380. The van der Waals surface area contributed by atoms with E-state index >= 15 is 0 Å². The monoisotopic (exact) mass is 1430 g/mol. The molecule has 24 nitrogen and oxygen atoms in total. The first-order valence-electron chi connectivity index (χ1n) is 35.8. The molecule has 0 radical (unpaired) electrons. The summed E-state index contributed by atoms with van der Waals surface area (Å²) in [6, 6.07) is 11.8. The number of aliphatic hydroxyl groups is 1. The van der Waals surface area contributed by atoms with E-state index in [0.717, 1.165) is 49.7 Å². The molecule has 578 valence electrons. The molecule has 101 heavy (non-hydrogen) atoms. The third kappa shape index (κ3) is 20.8. The van der Waals surface area contributed by atoms with Gasteiger partial charge in [0.15, 0.2) is 6.10 Å². The standard InChI is InChI=1S/C38H59N5O7.C38H57N5O7.CH4.8H2/c2*1-35(2,3)30(41-34(49)42-36(4,5)6)33(48)43-21-24-27(37(24,7)8)28(43)31(46)40-25(19-22-15-14-16-22)29(45)32(47)39-20-26(44)50-38(9,10)23-17-12-11-13-18-23;;;;;;;;;/h11-13,17-18,22,24-25,27-30,45H,14-16,19-21H2,1-10H3,(H,39,47)(H,40,46)(H2,41,42,49);11-13,17-18,22,24-25,27-28,30H,14-16,19-21H2,1-10H3,(H,39,47)(H,40,46)(H2,41,42,49);1H4;8*1H/t24?,25?,27?,28-,29?,30+;24-,25?,27-,28-,30+;;;;;;;;;/m00........./s1. The number of hydrogen-bond acceptors (Lipinski definition) is 14. The van der Waals surface area contributed by atoms with Gasteiger partial charge in [-0.2, -0.15) is 0 Å². The Hall–Kier alpha value is -7.63. The highest BCUT2D eigenvalue weighted by molar-refractivity contribution is 6.38. The zero-order valence-corrected chi connectivity index (χ0v) is 62.9. The minimum atomic E-state index is -1.63. The number of hydrogen-bond donors (Lipinski definition) is 9. The third-order valence-electron chi connectivity index (χ3n) is 21.2. The first-order valence-corrected chi connectivity index (χ1v) is 35.8. The van der Waals surface area contributed by atoms with E-state index in [9.17, 15) is 57.8 Å². The summed E-state index contributed by atoms with van der Waals surface area (Å²) in [4.78, 5) is 151. The molecule has 9 N–H and O–H groups in total. The number of esters is 2. The van der Waals surface area contributed by atoms with Gasteiger partial charge in [0.05, 0.1) is 12.1 Å². The predicted molar refractivity (Wildman–Crippen MR) is 401 cm³/mol. The molecule has 0 spiro atoms. The van der Waals surface area contributed by atoms with E-state index in [0.29, 0.717) is 19.5 Å². The lowest BCUT2D eigenvalue weighted by Gasteiger charge is -2.39. The number of piperidine rings is 2. The number of carbonyl (C=O) groups excluding carboxylic acids is 11. The van der Waals surface area contributed by atoms with E-state index < -0.39 is 142 Å². The van der Waals surface area contributed by atoms with Crippen LogP contribution < -0.4 is 42.5 Å². The number of Topliss-reactive ketones (excluding diaryl/α,β-unsaturated/α-hetero) is 1. The summed E-state index contributed by atoms with van der Waals surface area (Å²) < 4.78 is 11.2. The topological polar surface area (TPSA) is 329 Å². The van der Waals surface area contributed by atoms with Crippen molar-refractivity contribution < 1.29 is 78.7 Å². The number of ether oxygens (including phenoxy) is 2. The highest BCUT2D eigenvalue weighted by Crippen LogP contribution is 2.66. The summed E-state index contributed by atoms with van der Waals surface area (Å²) in [5, 5.41) is 33.4. The summed E-state index contributed by atoms with van der Waals surface area (Å²) in [5.41, 5.74) is -3.07. The molecular weight excluding hydrogens is 1290 g/mol. The number of benzene rings is 2. The fourth-order valence-corrected chi connectivity index (χ4v) is 14.7. The Morgan fingerprint density at radius 2 is 0.891 bits per heavy atom. The molecule has 10 amide bonds. The first kappa shape index (κ1) is 82.3. The molecule has 4 saturated carbocycles. The molecule has 8 rings (SSSR count). The van der Waals surface area contributed by atoms with Crippen molar-refractivity contribution in [2.75, 3.05) is 26.2 Å². The first-order chi connectivity index (χ1) is 46.0. The normalized spacial score (nSPS) is 22.7. The van der Waals surface area contributed by atoms with Crippen molar-refractivity contribution in [1.29, 1.82) is 0 Å². The second-order valence-corrected chi connectivity index (χ2v) is 35.2. The second-order valence-electron chi connectivity index (χ2n) is 35.2. The molecule has 2 aromatic rings. The maximum Gasteiger partial charge on any atom is 0.326 e. The number of fused-ring (bicyclic) bond motifs is 2. The maximum atomic E-state index is 14.2. The van der Waals surface area contributed by atoms with Crippen LogP contribution in [0.5, 0.6) is 0 Å². The van der Waals surface area contributed by atoms with Crippen molar-refractivity contribution in [3.05, 3.63) is 71.8 Å². The number of nitrogens with one attached hydrogen (secondary N) is 8. The molecule has 0 bridgehead atoms. The van der Waals surface area contributed by atoms with Gasteiger partial charge in [-0.15, -0.1) is 0 Å². The average Bonchev–Trinajstić information content (AvgIpc) is 1.53. The molecule has 6 fully saturated rings. The Morgan fingerprint density at radius 3 is 1.25 bits per heavy atom. The highest BCUT2D eigenvalue weighted by Gasteiger charge is 2.71. The predicted octanol–water partition coefficient (Wildman–Crippen LogP) is 10.0. The number of amides is 10. The van der Waals surface area contributed by atoms with Crippen molar-refractivity contribution in [3.63, 3.8) is 0 Å². The maximum absolute atomic E-state index is 14.2. The number of likely N-dealkylation sites (tertiary alicyclic amines) is 2. The summed E-state index contributed by atoms with van der Waals surface area (Å²) in [7, 11) is 0. The largest absolute Gasteiger partial charge is 0.453 e. The van der Waals surface area contributed by atoms with Crippen LogP contribution in [0.1, 0.15) is 220 Å². The van der Waals surface area contributed by atoms with E-state index in [1.807, 2.05) is 144 Å². The fraction of sp³-hybridized carbons (Fsp3) is 0.701. The van der Waals surface area contributed by atoms with Crippen LogP contribution in [0, 0.1) is 57.2 Å². The molecule has 5 unspecified atom stereocenters. The number of nitrogens with zero attached hydrogens (tertiary/aromatic N) is 2. The lowest BCUT2D eigenvalue weighted by Crippen LogP contribution is -2.62. The van der Waals surface area contributed by atoms with Crippen molar-refractivity contribution >= 4 is 65.2 Å². The fourth-order valence-electron chi connectivity index (χ4n) is 14.7. The van der Waals surface area contributed by atoms with Gasteiger partial charge in [0.25, 0.3) is 11.8 Å². The molecule has 2 aliphatic heterocycles. The van der Waals surface area contributed by atoms with E-state index in [1.165, 1.54) is 0 Å². The van der Waals surface area contributed by atoms with Gasteiger partial charge in [0, 0.05) is 35.6 Å². The van der Waals surface area contributed by atoms with Gasteiger partial charge in [-0.05, 0) is 150 Å². The average molecular weight is 1430 g/mol. The molecule has 24 heteroatoms. The summed E-state index contributed by atoms with van der Waals surface area (Å²) >= 11 is 0. The van der Waals surface area contributed by atoms with Crippen LogP contribution in [-0.4, -0.2) is 160 Å². The molecule has 6 aliphatic rings. The number of rotatable bonds is 24. The zero-order valence-electron chi connectivity index (χ0n) is 62.9. The smallest absolute Gasteiger partial charge is 0.326 e. The van der Waals surface area contributed by atoms with Gasteiger partial charge in [-0.3, -0.25) is 43.2 Å². The van der Waals surface area contributed by atoms with Crippen LogP contribution in [0.25, 0.3) is 0 Å². The van der Waals surface area contributed by atoms with Crippen molar-refractivity contribution in [3.8, 4) is 0 Å². The van der Waals surface area contributed by atoms with Crippen molar-refractivity contribution in [2.45, 2.75) is 262 Å². The lowest BCUT2D eigenvalue weighted by atomic mass is 9.79. The van der Waals surface area contributed by atoms with Gasteiger partial charge in [-0.25, -0.2) is 9.59 Å². The zero-order chi connectivity index (χ0) is 74.8. The molecule has 2 saturated heterocycles. The van der Waals surface area contributed by atoms with Crippen LogP contribution in [0.2, 0.25) is 0 Å². The highest BCUT2D eigenvalue weighted by atomic mass is 16.6. The molecule has 2 heterocycles. The van der Waals surface area contributed by atoms with Crippen LogP contribution in [0.3, 0.4) is 0 Å². The second kappa shape index (κ2) is 31.5.